The highest BCUT2D eigenvalue weighted by molar-refractivity contribution is 7.98. The number of ether oxygens (including phenoxy) is 4. The van der Waals surface area contributed by atoms with Crippen LogP contribution in [-0.2, 0) is 21.6 Å². The molecule has 1 heterocycles. The Balaban J connectivity index is 1.19. The van der Waals surface area contributed by atoms with Crippen molar-refractivity contribution in [3.05, 3.63) is 59.8 Å². The minimum Gasteiger partial charge on any atom is -0.497 e. The molecule has 7 heteroatoms. The number of nitrogens with one attached hydrogen (secondary N) is 1. The molecule has 0 fully saturated rings. The van der Waals surface area contributed by atoms with Gasteiger partial charge in [0.05, 0.1) is 33.5 Å². The van der Waals surface area contributed by atoms with Crippen LogP contribution in [0.25, 0.3) is 10.9 Å². The first kappa shape index (κ1) is 23.5. The van der Waals surface area contributed by atoms with Gasteiger partial charge in [-0.2, -0.15) is 11.8 Å². The highest BCUT2D eigenvalue weighted by Gasteiger charge is 2.05. The van der Waals surface area contributed by atoms with Crippen LogP contribution in [0.1, 0.15) is 11.1 Å². The molecule has 31 heavy (non-hydrogen) atoms. The highest BCUT2D eigenvalue weighted by atomic mass is 32.2. The Bertz CT molecular complexity index is 898. The van der Waals surface area contributed by atoms with Gasteiger partial charge in [-0.05, 0) is 54.4 Å². The third-order valence-corrected chi connectivity index (χ3v) is 5.81. The normalized spacial score (nSPS) is 11.2. The molecule has 3 rings (SSSR count). The third kappa shape index (κ3) is 7.78. The fourth-order valence-electron chi connectivity index (χ4n) is 3.18. The Labute approximate surface area is 188 Å². The van der Waals surface area contributed by atoms with Gasteiger partial charge >= 0.3 is 0 Å². The summed E-state index contributed by atoms with van der Waals surface area (Å²) in [7, 11) is 1.68. The van der Waals surface area contributed by atoms with Crippen LogP contribution in [0.3, 0.4) is 0 Å². The van der Waals surface area contributed by atoms with Crippen molar-refractivity contribution in [1.29, 1.82) is 0 Å². The van der Waals surface area contributed by atoms with Crippen molar-refractivity contribution >= 4 is 22.7 Å². The van der Waals surface area contributed by atoms with E-state index in [-0.39, 0.29) is 0 Å². The van der Waals surface area contributed by atoms with Gasteiger partial charge in [0.2, 0.25) is 0 Å². The number of thioether (sulfide) groups is 1. The summed E-state index contributed by atoms with van der Waals surface area (Å²) in [6.07, 6.45) is 2.87. The topological polar surface area (TPSA) is 78.7 Å². The smallest absolute Gasteiger partial charge is 0.120 e. The van der Waals surface area contributed by atoms with E-state index in [0.29, 0.717) is 33.0 Å². The van der Waals surface area contributed by atoms with E-state index in [4.69, 9.17) is 24.7 Å². The number of methoxy groups -OCH3 is 1. The van der Waals surface area contributed by atoms with Gasteiger partial charge in [-0.25, -0.2) is 0 Å². The summed E-state index contributed by atoms with van der Waals surface area (Å²) in [5.41, 5.74) is 9.29. The molecule has 0 aliphatic rings. The predicted molar refractivity (Wildman–Crippen MR) is 127 cm³/mol. The van der Waals surface area contributed by atoms with Gasteiger partial charge in [-0.15, -0.1) is 0 Å². The average molecular weight is 445 g/mol. The molecule has 2 aromatic carbocycles. The van der Waals surface area contributed by atoms with E-state index in [2.05, 4.69) is 23.2 Å². The lowest BCUT2D eigenvalue weighted by atomic mass is 10.1. The van der Waals surface area contributed by atoms with Crippen molar-refractivity contribution in [1.82, 2.24) is 4.98 Å². The number of aromatic nitrogens is 1. The summed E-state index contributed by atoms with van der Waals surface area (Å²) in [5, 5.41) is 1.17. The lowest BCUT2D eigenvalue weighted by Crippen LogP contribution is -2.11. The Morgan fingerprint density at radius 2 is 1.65 bits per heavy atom. The molecular weight excluding hydrogens is 412 g/mol. The molecule has 0 unspecified atom stereocenters. The summed E-state index contributed by atoms with van der Waals surface area (Å²) >= 11 is 1.86. The van der Waals surface area contributed by atoms with Crippen LogP contribution in [0.15, 0.2) is 48.7 Å². The van der Waals surface area contributed by atoms with Crippen LogP contribution >= 0.6 is 11.8 Å². The number of hydrogen-bond acceptors (Lipinski definition) is 6. The van der Waals surface area contributed by atoms with E-state index in [0.717, 1.165) is 41.5 Å². The second-order valence-electron chi connectivity index (χ2n) is 7.03. The molecule has 3 aromatic rings. The van der Waals surface area contributed by atoms with Crippen molar-refractivity contribution in [2.45, 2.75) is 12.2 Å². The minimum atomic E-state index is 0.514. The van der Waals surface area contributed by atoms with Gasteiger partial charge in [-0.1, -0.05) is 12.1 Å². The molecule has 0 bridgehead atoms. The SMILES string of the molecule is COc1ccc(CSCCOCCOCCOc2ccc3[nH]cc(CCN)c3c2)cc1. The van der Waals surface area contributed by atoms with E-state index < -0.39 is 0 Å². The molecule has 0 amide bonds. The first-order valence-electron chi connectivity index (χ1n) is 10.6. The van der Waals surface area contributed by atoms with E-state index in [1.165, 1.54) is 16.5 Å². The van der Waals surface area contributed by atoms with Gasteiger partial charge in [0, 0.05) is 28.6 Å². The van der Waals surface area contributed by atoms with Gasteiger partial charge < -0.3 is 29.7 Å². The maximum absolute atomic E-state index is 5.81. The fourth-order valence-corrected chi connectivity index (χ4v) is 3.99. The molecule has 0 spiro atoms. The molecular formula is C24H32N2O4S. The summed E-state index contributed by atoms with van der Waals surface area (Å²) in [4.78, 5) is 3.27. The monoisotopic (exact) mass is 444 g/mol. The number of benzene rings is 2. The predicted octanol–water partition coefficient (Wildman–Crippen LogP) is 4.02. The highest BCUT2D eigenvalue weighted by Crippen LogP contribution is 2.24. The maximum atomic E-state index is 5.81. The number of hydrogen-bond donors (Lipinski definition) is 2. The molecule has 0 saturated heterocycles. The van der Waals surface area contributed by atoms with Crippen molar-refractivity contribution in [2.75, 3.05) is 52.4 Å². The van der Waals surface area contributed by atoms with Crippen LogP contribution in [0, 0.1) is 0 Å². The van der Waals surface area contributed by atoms with Gasteiger partial charge in [0.1, 0.15) is 18.1 Å². The summed E-state index contributed by atoms with van der Waals surface area (Å²) in [5.74, 6) is 3.67. The molecule has 0 aliphatic carbocycles. The lowest BCUT2D eigenvalue weighted by Gasteiger charge is -2.08. The minimum absolute atomic E-state index is 0.514. The summed E-state index contributed by atoms with van der Waals surface area (Å²) in [6.45, 7) is 3.58. The average Bonchev–Trinajstić information content (AvgIpc) is 3.20. The Kier molecular flexibility index (Phi) is 10.0. The first-order chi connectivity index (χ1) is 15.3. The van der Waals surface area contributed by atoms with Crippen LogP contribution < -0.4 is 15.2 Å². The summed E-state index contributed by atoms with van der Waals surface area (Å²) < 4.78 is 22.2. The molecule has 3 N–H and O–H groups in total. The maximum Gasteiger partial charge on any atom is 0.120 e. The van der Waals surface area contributed by atoms with Crippen molar-refractivity contribution in [2.24, 2.45) is 5.73 Å². The van der Waals surface area contributed by atoms with Crippen LogP contribution in [0.2, 0.25) is 0 Å². The standard InChI is InChI=1S/C24H32N2O4S/c1-27-21-4-2-19(3-5-21)18-31-15-14-29-11-10-28-12-13-30-22-6-7-24-23(16-22)20(8-9-25)17-26-24/h2-7,16-17,26H,8-15,18,25H2,1H3. The van der Waals surface area contributed by atoms with E-state index in [1.54, 1.807) is 7.11 Å². The van der Waals surface area contributed by atoms with Gasteiger partial charge in [0.15, 0.2) is 0 Å². The van der Waals surface area contributed by atoms with E-state index in [1.807, 2.05) is 42.2 Å². The molecule has 0 radical (unpaired) electrons. The second-order valence-corrected chi connectivity index (χ2v) is 8.14. The molecule has 0 saturated carbocycles. The lowest BCUT2D eigenvalue weighted by molar-refractivity contribution is 0.0413. The number of H-pyrrole nitrogens is 1. The van der Waals surface area contributed by atoms with Crippen LogP contribution in [-0.4, -0.2) is 57.4 Å². The fraction of sp³-hybridized carbons (Fsp3) is 0.417. The zero-order valence-corrected chi connectivity index (χ0v) is 18.9. The van der Waals surface area contributed by atoms with Crippen molar-refractivity contribution in [3.63, 3.8) is 0 Å². The van der Waals surface area contributed by atoms with Crippen molar-refractivity contribution < 1.29 is 18.9 Å². The largest absolute Gasteiger partial charge is 0.497 e. The number of fused-ring (bicyclic) bond motifs is 1. The molecule has 168 valence electrons. The van der Waals surface area contributed by atoms with Crippen LogP contribution in [0.5, 0.6) is 11.5 Å². The zero-order chi connectivity index (χ0) is 21.7. The number of nitrogens with two attached hydrogens (primary N) is 1. The van der Waals surface area contributed by atoms with E-state index >= 15 is 0 Å². The number of aromatic amines is 1. The molecule has 0 atom stereocenters. The molecule has 0 aliphatic heterocycles. The molecule has 6 nitrogen and oxygen atoms in total. The molecule has 1 aromatic heterocycles. The van der Waals surface area contributed by atoms with E-state index in [9.17, 15) is 0 Å². The quantitative estimate of drug-likeness (QED) is 0.345. The van der Waals surface area contributed by atoms with Gasteiger partial charge in [-0.3, -0.25) is 0 Å². The number of rotatable bonds is 15. The zero-order valence-electron chi connectivity index (χ0n) is 18.1. The van der Waals surface area contributed by atoms with Gasteiger partial charge in [0.25, 0.3) is 0 Å². The first-order valence-corrected chi connectivity index (χ1v) is 11.7. The Hall–Kier alpha value is -2.19. The third-order valence-electron chi connectivity index (χ3n) is 4.82. The van der Waals surface area contributed by atoms with Crippen molar-refractivity contribution in [3.8, 4) is 11.5 Å². The Morgan fingerprint density at radius 3 is 2.42 bits per heavy atom. The second kappa shape index (κ2) is 13.3. The summed E-state index contributed by atoms with van der Waals surface area (Å²) in [6, 6.07) is 14.2. The van der Waals surface area contributed by atoms with Crippen LogP contribution in [0.4, 0.5) is 0 Å². The Morgan fingerprint density at radius 1 is 0.903 bits per heavy atom.